The number of carbonyl (C=O) groups excluding carboxylic acids is 2. The molecule has 0 bridgehead atoms. The monoisotopic (exact) mass is 332 g/mol. The first kappa shape index (κ1) is 16.8. The molecule has 24 heavy (non-hydrogen) atoms. The molecule has 0 saturated carbocycles. The standard InChI is InChI=1S/C17H24N4O3/c1-12(22)17(23)21-5-3-4-14(11-21)15-10-16(19-13(2)18-15)20-6-8-24-9-7-20/h10,14H,3-9,11H2,1-2H3. The lowest BCUT2D eigenvalue weighted by atomic mass is 9.94. The Bertz CT molecular complexity index is 628. The topological polar surface area (TPSA) is 75.6 Å². The second kappa shape index (κ2) is 7.25. The third kappa shape index (κ3) is 3.72. The van der Waals surface area contributed by atoms with Crippen molar-refractivity contribution < 1.29 is 14.3 Å². The molecular formula is C17H24N4O3. The number of ketones is 1. The van der Waals surface area contributed by atoms with Crippen LogP contribution in [0.25, 0.3) is 0 Å². The highest BCUT2D eigenvalue weighted by Gasteiger charge is 2.28. The minimum Gasteiger partial charge on any atom is -0.378 e. The second-order valence-electron chi connectivity index (χ2n) is 6.44. The van der Waals surface area contributed by atoms with E-state index in [1.807, 2.05) is 13.0 Å². The molecule has 130 valence electrons. The molecule has 0 N–H and O–H groups in total. The minimum atomic E-state index is -0.400. The van der Waals surface area contributed by atoms with Crippen LogP contribution in [0.15, 0.2) is 6.07 Å². The first-order valence-corrected chi connectivity index (χ1v) is 8.52. The third-order valence-electron chi connectivity index (χ3n) is 4.61. The molecule has 2 fully saturated rings. The van der Waals surface area contributed by atoms with Crippen molar-refractivity contribution in [1.82, 2.24) is 14.9 Å². The van der Waals surface area contributed by atoms with Crippen LogP contribution in [0.3, 0.4) is 0 Å². The maximum Gasteiger partial charge on any atom is 0.289 e. The first-order valence-electron chi connectivity index (χ1n) is 8.52. The van der Waals surface area contributed by atoms with E-state index in [9.17, 15) is 9.59 Å². The number of carbonyl (C=O) groups is 2. The van der Waals surface area contributed by atoms with E-state index in [4.69, 9.17) is 4.74 Å². The Balaban J connectivity index is 1.79. The summed E-state index contributed by atoms with van der Waals surface area (Å²) in [5.74, 6) is 1.03. The summed E-state index contributed by atoms with van der Waals surface area (Å²) in [6.45, 7) is 7.51. The van der Waals surface area contributed by atoms with Gasteiger partial charge in [0.05, 0.1) is 18.9 Å². The number of morpholine rings is 1. The highest BCUT2D eigenvalue weighted by Crippen LogP contribution is 2.28. The van der Waals surface area contributed by atoms with Crippen LogP contribution in [0.1, 0.15) is 37.2 Å². The van der Waals surface area contributed by atoms with Gasteiger partial charge in [-0.15, -0.1) is 0 Å². The average molecular weight is 332 g/mol. The zero-order chi connectivity index (χ0) is 17.1. The van der Waals surface area contributed by atoms with Gasteiger partial charge in [-0.3, -0.25) is 9.59 Å². The van der Waals surface area contributed by atoms with Gasteiger partial charge >= 0.3 is 0 Å². The molecule has 1 amide bonds. The van der Waals surface area contributed by atoms with Crippen LogP contribution < -0.4 is 4.90 Å². The maximum atomic E-state index is 12.0. The normalized spacial score (nSPS) is 21.7. The Hall–Kier alpha value is -2.02. The van der Waals surface area contributed by atoms with Crippen LogP contribution in [-0.4, -0.2) is 66.0 Å². The van der Waals surface area contributed by atoms with Crippen LogP contribution >= 0.6 is 0 Å². The van der Waals surface area contributed by atoms with Gasteiger partial charge in [0.2, 0.25) is 5.78 Å². The predicted molar refractivity (Wildman–Crippen MR) is 89.0 cm³/mol. The van der Waals surface area contributed by atoms with Gasteiger partial charge in [-0.1, -0.05) is 0 Å². The van der Waals surface area contributed by atoms with Gasteiger partial charge in [-0.05, 0) is 19.8 Å². The Labute approximate surface area is 142 Å². The van der Waals surface area contributed by atoms with E-state index in [-0.39, 0.29) is 11.8 Å². The van der Waals surface area contributed by atoms with Gasteiger partial charge in [0.15, 0.2) is 0 Å². The number of anilines is 1. The number of nitrogens with zero attached hydrogens (tertiary/aromatic N) is 4. The Morgan fingerprint density at radius 2 is 1.96 bits per heavy atom. The van der Waals surface area contributed by atoms with Gasteiger partial charge in [-0.2, -0.15) is 0 Å². The average Bonchev–Trinajstić information content (AvgIpc) is 2.61. The molecule has 1 aromatic rings. The number of rotatable bonds is 3. The van der Waals surface area contributed by atoms with E-state index < -0.39 is 5.78 Å². The first-order chi connectivity index (χ1) is 11.5. The zero-order valence-corrected chi connectivity index (χ0v) is 14.3. The van der Waals surface area contributed by atoms with Gasteiger partial charge in [0.25, 0.3) is 5.91 Å². The summed E-state index contributed by atoms with van der Waals surface area (Å²) in [7, 11) is 0. The smallest absolute Gasteiger partial charge is 0.289 e. The minimum absolute atomic E-state index is 0.156. The van der Waals surface area contributed by atoms with Crippen LogP contribution in [0, 0.1) is 6.92 Å². The van der Waals surface area contributed by atoms with Crippen molar-refractivity contribution in [2.75, 3.05) is 44.3 Å². The van der Waals surface area contributed by atoms with E-state index in [0.29, 0.717) is 26.3 Å². The lowest BCUT2D eigenvalue weighted by Gasteiger charge is -2.33. The number of likely N-dealkylation sites (tertiary alicyclic amines) is 1. The highest BCUT2D eigenvalue weighted by molar-refractivity contribution is 6.35. The van der Waals surface area contributed by atoms with E-state index in [2.05, 4.69) is 14.9 Å². The quantitative estimate of drug-likeness (QED) is 0.766. The molecule has 2 aliphatic rings. The van der Waals surface area contributed by atoms with E-state index >= 15 is 0 Å². The molecule has 2 aliphatic heterocycles. The van der Waals surface area contributed by atoms with Gasteiger partial charge in [0.1, 0.15) is 11.6 Å². The van der Waals surface area contributed by atoms with Crippen LogP contribution in [0.5, 0.6) is 0 Å². The molecule has 0 spiro atoms. The summed E-state index contributed by atoms with van der Waals surface area (Å²) in [5, 5.41) is 0. The summed E-state index contributed by atoms with van der Waals surface area (Å²) in [6.07, 6.45) is 1.86. The molecule has 1 atom stereocenters. The van der Waals surface area contributed by atoms with Crippen molar-refractivity contribution in [3.8, 4) is 0 Å². The molecule has 0 aliphatic carbocycles. The van der Waals surface area contributed by atoms with Gasteiger partial charge in [0, 0.05) is 45.1 Å². The highest BCUT2D eigenvalue weighted by atomic mass is 16.5. The van der Waals surface area contributed by atoms with E-state index in [1.165, 1.54) is 6.92 Å². The fraction of sp³-hybridized carbons (Fsp3) is 0.647. The Morgan fingerprint density at radius 3 is 2.67 bits per heavy atom. The number of ether oxygens (including phenoxy) is 1. The fourth-order valence-corrected chi connectivity index (χ4v) is 3.36. The molecule has 7 nitrogen and oxygen atoms in total. The SMILES string of the molecule is CC(=O)C(=O)N1CCCC(c2cc(N3CCOCC3)nc(C)n2)C1. The molecule has 0 aromatic carbocycles. The van der Waals surface area contributed by atoms with Crippen molar-refractivity contribution >= 4 is 17.5 Å². The van der Waals surface area contributed by atoms with Crippen LogP contribution in [0.2, 0.25) is 0 Å². The molecule has 1 unspecified atom stereocenters. The van der Waals surface area contributed by atoms with Crippen molar-refractivity contribution in [2.45, 2.75) is 32.6 Å². The number of hydrogen-bond acceptors (Lipinski definition) is 6. The largest absolute Gasteiger partial charge is 0.378 e. The number of aromatic nitrogens is 2. The molecule has 3 rings (SSSR count). The van der Waals surface area contributed by atoms with Crippen molar-refractivity contribution in [3.05, 3.63) is 17.6 Å². The van der Waals surface area contributed by atoms with Crippen molar-refractivity contribution in [1.29, 1.82) is 0 Å². The number of amides is 1. The molecule has 0 radical (unpaired) electrons. The lowest BCUT2D eigenvalue weighted by molar-refractivity contribution is -0.144. The summed E-state index contributed by atoms with van der Waals surface area (Å²) >= 11 is 0. The number of aryl methyl sites for hydroxylation is 1. The third-order valence-corrected chi connectivity index (χ3v) is 4.61. The Morgan fingerprint density at radius 1 is 1.21 bits per heavy atom. The maximum absolute atomic E-state index is 12.0. The molecule has 1 aromatic heterocycles. The van der Waals surface area contributed by atoms with Crippen LogP contribution in [-0.2, 0) is 14.3 Å². The lowest BCUT2D eigenvalue weighted by Crippen LogP contribution is -2.42. The second-order valence-corrected chi connectivity index (χ2v) is 6.44. The van der Waals surface area contributed by atoms with Crippen LogP contribution in [0.4, 0.5) is 5.82 Å². The summed E-state index contributed by atoms with van der Waals surface area (Å²) in [6, 6.07) is 2.03. The summed E-state index contributed by atoms with van der Waals surface area (Å²) in [5.41, 5.74) is 0.963. The molecular weight excluding hydrogens is 308 g/mol. The van der Waals surface area contributed by atoms with Crippen molar-refractivity contribution in [3.63, 3.8) is 0 Å². The summed E-state index contributed by atoms with van der Waals surface area (Å²) < 4.78 is 5.40. The van der Waals surface area contributed by atoms with Gasteiger partial charge < -0.3 is 14.5 Å². The number of hydrogen-bond donors (Lipinski definition) is 0. The molecule has 2 saturated heterocycles. The van der Waals surface area contributed by atoms with Crippen molar-refractivity contribution in [2.24, 2.45) is 0 Å². The summed E-state index contributed by atoms with van der Waals surface area (Å²) in [4.78, 5) is 36.4. The fourth-order valence-electron chi connectivity index (χ4n) is 3.36. The predicted octanol–water partition coefficient (Wildman–Crippen LogP) is 0.917. The Kier molecular flexibility index (Phi) is 5.08. The van der Waals surface area contributed by atoms with E-state index in [0.717, 1.165) is 43.3 Å². The molecule has 7 heteroatoms. The number of Topliss-reactive ketones (excluding diaryl/α,β-unsaturated/α-hetero) is 1. The number of piperidine rings is 1. The van der Waals surface area contributed by atoms with Gasteiger partial charge in [-0.25, -0.2) is 9.97 Å². The van der Waals surface area contributed by atoms with E-state index in [1.54, 1.807) is 4.90 Å². The molecule has 3 heterocycles. The zero-order valence-electron chi connectivity index (χ0n) is 14.3.